The molecule has 2 heterocycles. The Hall–Kier alpha value is -2.67. The number of likely N-dealkylation sites (tertiary alicyclic amines) is 1. The number of piperidine rings is 1. The maximum Gasteiger partial charge on any atom is 0.320 e. The molecule has 1 aliphatic rings. The van der Waals surface area contributed by atoms with E-state index in [4.69, 9.17) is 5.73 Å². The smallest absolute Gasteiger partial charge is 0.320 e. The van der Waals surface area contributed by atoms with Crippen LogP contribution in [-0.2, 0) is 16.0 Å². The fraction of sp³-hybridized carbons (Fsp3) is 0.542. The number of carbonyl (C=O) groups is 3. The Labute approximate surface area is 183 Å². The minimum Gasteiger partial charge on any atom is -0.480 e. The first-order valence-corrected chi connectivity index (χ1v) is 11.2. The largest absolute Gasteiger partial charge is 0.480 e. The van der Waals surface area contributed by atoms with E-state index in [9.17, 15) is 19.5 Å². The SMILES string of the molecule is CC(C)C[C@H](CC(=O)N1CCCCC1)C(=O)n1cc(CC(N)C(=O)O)c2ccccc21. The zero-order valence-electron chi connectivity index (χ0n) is 18.4. The lowest BCUT2D eigenvalue weighted by Crippen LogP contribution is -2.38. The summed E-state index contributed by atoms with van der Waals surface area (Å²) in [6.07, 6.45) is 5.84. The molecule has 1 fully saturated rings. The summed E-state index contributed by atoms with van der Waals surface area (Å²) in [5.74, 6) is -1.31. The quantitative estimate of drug-likeness (QED) is 0.672. The molecular weight excluding hydrogens is 394 g/mol. The number of carboxylic acid groups (broad SMARTS) is 1. The lowest BCUT2D eigenvalue weighted by Gasteiger charge is -2.28. The summed E-state index contributed by atoms with van der Waals surface area (Å²) in [7, 11) is 0. The zero-order chi connectivity index (χ0) is 22.5. The number of hydrogen-bond acceptors (Lipinski definition) is 4. The number of rotatable bonds is 8. The van der Waals surface area contributed by atoms with Crippen molar-refractivity contribution in [3.63, 3.8) is 0 Å². The number of nitrogens with two attached hydrogens (primary N) is 1. The average Bonchev–Trinajstić information content (AvgIpc) is 3.11. The summed E-state index contributed by atoms with van der Waals surface area (Å²) in [4.78, 5) is 39.6. The predicted molar refractivity (Wildman–Crippen MR) is 120 cm³/mol. The van der Waals surface area contributed by atoms with E-state index in [-0.39, 0.29) is 30.6 Å². The zero-order valence-corrected chi connectivity index (χ0v) is 18.4. The Bertz CT molecular complexity index is 943. The van der Waals surface area contributed by atoms with Crippen LogP contribution in [0.2, 0.25) is 0 Å². The molecule has 0 saturated carbocycles. The minimum atomic E-state index is -1.08. The molecule has 1 aliphatic heterocycles. The van der Waals surface area contributed by atoms with Crippen molar-refractivity contribution in [1.29, 1.82) is 0 Å². The van der Waals surface area contributed by atoms with Crippen molar-refractivity contribution in [2.24, 2.45) is 17.6 Å². The highest BCUT2D eigenvalue weighted by atomic mass is 16.4. The minimum absolute atomic E-state index is 0.0447. The van der Waals surface area contributed by atoms with Gasteiger partial charge in [0, 0.05) is 43.4 Å². The first-order chi connectivity index (χ1) is 14.8. The Balaban J connectivity index is 1.89. The number of amides is 1. The molecule has 1 unspecified atom stereocenters. The molecule has 0 bridgehead atoms. The van der Waals surface area contributed by atoms with E-state index in [1.165, 1.54) is 0 Å². The van der Waals surface area contributed by atoms with Crippen LogP contribution in [0.5, 0.6) is 0 Å². The number of aliphatic carboxylic acids is 1. The molecule has 0 spiro atoms. The topological polar surface area (TPSA) is 106 Å². The van der Waals surface area contributed by atoms with Gasteiger partial charge in [0.1, 0.15) is 6.04 Å². The van der Waals surface area contributed by atoms with Crippen LogP contribution >= 0.6 is 0 Å². The number of nitrogens with zero attached hydrogens (tertiary/aromatic N) is 2. The summed E-state index contributed by atoms with van der Waals surface area (Å²) in [6, 6.07) is 6.39. The number of aromatic nitrogens is 1. The van der Waals surface area contributed by atoms with E-state index in [1.807, 2.05) is 29.2 Å². The van der Waals surface area contributed by atoms with Gasteiger partial charge >= 0.3 is 5.97 Å². The lowest BCUT2D eigenvalue weighted by molar-refractivity contribution is -0.138. The van der Waals surface area contributed by atoms with Crippen molar-refractivity contribution in [2.75, 3.05) is 13.1 Å². The van der Waals surface area contributed by atoms with Crippen molar-refractivity contribution in [3.05, 3.63) is 36.0 Å². The second-order valence-electron chi connectivity index (χ2n) is 9.00. The molecule has 3 rings (SSSR count). The molecule has 1 aromatic heterocycles. The van der Waals surface area contributed by atoms with Gasteiger partial charge in [-0.3, -0.25) is 19.0 Å². The van der Waals surface area contributed by atoms with Crippen molar-refractivity contribution < 1.29 is 19.5 Å². The molecule has 0 aliphatic carbocycles. The van der Waals surface area contributed by atoms with Crippen molar-refractivity contribution in [2.45, 2.75) is 58.4 Å². The molecule has 7 heteroatoms. The highest BCUT2D eigenvalue weighted by molar-refractivity contribution is 5.97. The van der Waals surface area contributed by atoms with Crippen LogP contribution in [0.1, 0.15) is 56.3 Å². The molecule has 31 heavy (non-hydrogen) atoms. The number of hydrogen-bond donors (Lipinski definition) is 2. The van der Waals surface area contributed by atoms with Gasteiger partial charge in [-0.2, -0.15) is 0 Å². The van der Waals surface area contributed by atoms with Crippen LogP contribution in [0.3, 0.4) is 0 Å². The van der Waals surface area contributed by atoms with E-state index in [2.05, 4.69) is 13.8 Å². The molecule has 1 amide bonds. The fourth-order valence-electron chi connectivity index (χ4n) is 4.44. The Morgan fingerprint density at radius 2 is 1.77 bits per heavy atom. The third-order valence-corrected chi connectivity index (χ3v) is 6.02. The molecular formula is C24H33N3O4. The van der Waals surface area contributed by atoms with Crippen LogP contribution in [0, 0.1) is 11.8 Å². The molecule has 0 radical (unpaired) electrons. The highest BCUT2D eigenvalue weighted by Crippen LogP contribution is 2.27. The van der Waals surface area contributed by atoms with Crippen LogP contribution in [-0.4, -0.2) is 51.5 Å². The van der Waals surface area contributed by atoms with E-state index < -0.39 is 17.9 Å². The molecule has 2 atom stereocenters. The molecule has 7 nitrogen and oxygen atoms in total. The van der Waals surface area contributed by atoms with Gasteiger partial charge < -0.3 is 15.7 Å². The van der Waals surface area contributed by atoms with E-state index in [0.717, 1.165) is 48.8 Å². The third kappa shape index (κ3) is 5.53. The lowest BCUT2D eigenvalue weighted by atomic mass is 9.92. The number of para-hydroxylation sites is 1. The maximum atomic E-state index is 13.6. The predicted octanol–water partition coefficient (Wildman–Crippen LogP) is 3.30. The van der Waals surface area contributed by atoms with Gasteiger partial charge in [-0.15, -0.1) is 0 Å². The Morgan fingerprint density at radius 3 is 2.42 bits per heavy atom. The molecule has 1 saturated heterocycles. The Kier molecular flexibility index (Phi) is 7.49. The maximum absolute atomic E-state index is 13.6. The number of fused-ring (bicyclic) bond motifs is 1. The van der Waals surface area contributed by atoms with Gasteiger partial charge in [-0.1, -0.05) is 32.0 Å². The normalized spacial score (nSPS) is 16.5. The molecule has 2 aromatic rings. The van der Waals surface area contributed by atoms with Crippen LogP contribution in [0.4, 0.5) is 0 Å². The van der Waals surface area contributed by atoms with Crippen LogP contribution in [0.15, 0.2) is 30.5 Å². The standard InChI is InChI=1S/C24H33N3O4/c1-16(2)12-17(14-22(28)26-10-6-3-7-11-26)23(29)27-15-18(13-20(25)24(30)31)19-8-4-5-9-21(19)27/h4-5,8-9,15-17,20H,3,6-7,10-14,25H2,1-2H3,(H,30,31)/t17-,20?/m1/s1. The second kappa shape index (κ2) is 10.1. The van der Waals surface area contributed by atoms with Gasteiger partial charge in [0.2, 0.25) is 11.8 Å². The summed E-state index contributed by atoms with van der Waals surface area (Å²) in [5, 5.41) is 10.0. The van der Waals surface area contributed by atoms with E-state index in [0.29, 0.717) is 6.42 Å². The van der Waals surface area contributed by atoms with Gasteiger partial charge in [0.15, 0.2) is 0 Å². The number of carboxylic acids is 1. The number of carbonyl (C=O) groups excluding carboxylic acids is 2. The van der Waals surface area contributed by atoms with Gasteiger partial charge in [-0.25, -0.2) is 0 Å². The monoisotopic (exact) mass is 427 g/mol. The average molecular weight is 428 g/mol. The molecule has 168 valence electrons. The molecule has 1 aromatic carbocycles. The second-order valence-corrected chi connectivity index (χ2v) is 9.00. The fourth-order valence-corrected chi connectivity index (χ4v) is 4.44. The summed E-state index contributed by atoms with van der Waals surface area (Å²) >= 11 is 0. The van der Waals surface area contributed by atoms with E-state index >= 15 is 0 Å². The van der Waals surface area contributed by atoms with Gasteiger partial charge in [0.25, 0.3) is 0 Å². The first kappa shape index (κ1) is 23.0. The summed E-state index contributed by atoms with van der Waals surface area (Å²) < 4.78 is 1.59. The Morgan fingerprint density at radius 1 is 1.10 bits per heavy atom. The van der Waals surface area contributed by atoms with Crippen molar-refractivity contribution in [3.8, 4) is 0 Å². The third-order valence-electron chi connectivity index (χ3n) is 6.02. The highest BCUT2D eigenvalue weighted by Gasteiger charge is 2.29. The van der Waals surface area contributed by atoms with Crippen LogP contribution in [0.25, 0.3) is 10.9 Å². The number of benzene rings is 1. The summed E-state index contributed by atoms with van der Waals surface area (Å²) in [5.41, 5.74) is 7.20. The van der Waals surface area contributed by atoms with Crippen molar-refractivity contribution in [1.82, 2.24) is 9.47 Å². The van der Waals surface area contributed by atoms with E-state index in [1.54, 1.807) is 10.8 Å². The van der Waals surface area contributed by atoms with Gasteiger partial charge in [0.05, 0.1) is 5.52 Å². The molecule has 3 N–H and O–H groups in total. The van der Waals surface area contributed by atoms with Crippen molar-refractivity contribution >= 4 is 28.7 Å². The summed E-state index contributed by atoms with van der Waals surface area (Å²) in [6.45, 7) is 5.64. The van der Waals surface area contributed by atoms with Gasteiger partial charge in [-0.05, 0) is 43.2 Å². The first-order valence-electron chi connectivity index (χ1n) is 11.2. The van der Waals surface area contributed by atoms with Crippen LogP contribution < -0.4 is 5.73 Å².